The van der Waals surface area contributed by atoms with Crippen LogP contribution in [0.5, 0.6) is 0 Å². The van der Waals surface area contributed by atoms with Crippen molar-refractivity contribution in [2.45, 2.75) is 19.5 Å². The van der Waals surface area contributed by atoms with Crippen LogP contribution >= 0.6 is 0 Å². The molecule has 1 heterocycles. The maximum atomic E-state index is 13.0. The molecule has 0 aliphatic carbocycles. The predicted octanol–water partition coefficient (Wildman–Crippen LogP) is 3.47. The minimum Gasteiger partial charge on any atom is -0.340 e. The first-order valence-corrected chi connectivity index (χ1v) is 10.5. The Bertz CT molecular complexity index is 1090. The fourth-order valence-electron chi connectivity index (χ4n) is 4.02. The Hall–Kier alpha value is -3.44. The van der Waals surface area contributed by atoms with Gasteiger partial charge in [0.05, 0.1) is 6.54 Å². The Balaban J connectivity index is 1.47. The molecule has 0 fully saturated rings. The van der Waals surface area contributed by atoms with Gasteiger partial charge in [0, 0.05) is 32.2 Å². The second-order valence-corrected chi connectivity index (χ2v) is 7.98. The van der Waals surface area contributed by atoms with Gasteiger partial charge in [-0.3, -0.25) is 9.59 Å². The van der Waals surface area contributed by atoms with E-state index in [1.165, 1.54) is 11.1 Å². The highest BCUT2D eigenvalue weighted by Gasteiger charge is 2.21. The van der Waals surface area contributed by atoms with E-state index in [1.54, 1.807) is 11.9 Å². The molecule has 2 N–H and O–H groups in total. The summed E-state index contributed by atoms with van der Waals surface area (Å²) in [7, 11) is 1.75. The maximum absolute atomic E-state index is 13.0. The van der Waals surface area contributed by atoms with Crippen molar-refractivity contribution in [2.75, 3.05) is 20.1 Å². The van der Waals surface area contributed by atoms with E-state index in [1.807, 2.05) is 53.4 Å². The van der Waals surface area contributed by atoms with Gasteiger partial charge in [0.25, 0.3) is 5.91 Å². The molecular weight excluding hydrogens is 386 g/mol. The summed E-state index contributed by atoms with van der Waals surface area (Å²) in [5.41, 5.74) is 11.8. The van der Waals surface area contributed by atoms with Crippen molar-refractivity contribution in [3.05, 3.63) is 95.1 Å². The van der Waals surface area contributed by atoms with Crippen molar-refractivity contribution in [3.63, 3.8) is 0 Å². The van der Waals surface area contributed by atoms with Gasteiger partial charge >= 0.3 is 0 Å². The lowest BCUT2D eigenvalue weighted by Crippen LogP contribution is -2.35. The third kappa shape index (κ3) is 4.67. The molecule has 158 valence electrons. The number of likely N-dealkylation sites (N-methyl/N-ethyl adjacent to an activating group) is 1. The van der Waals surface area contributed by atoms with Crippen LogP contribution in [0.25, 0.3) is 11.1 Å². The number of nitrogens with zero attached hydrogens (tertiary/aromatic N) is 2. The lowest BCUT2D eigenvalue weighted by molar-refractivity contribution is -0.128. The minimum absolute atomic E-state index is 0.00822. The van der Waals surface area contributed by atoms with Crippen molar-refractivity contribution in [1.82, 2.24) is 9.80 Å². The van der Waals surface area contributed by atoms with Gasteiger partial charge in [-0.05, 0) is 52.4 Å². The Morgan fingerprint density at radius 1 is 0.935 bits per heavy atom. The van der Waals surface area contributed by atoms with Gasteiger partial charge < -0.3 is 15.5 Å². The van der Waals surface area contributed by atoms with Crippen LogP contribution in [0, 0.1) is 0 Å². The van der Waals surface area contributed by atoms with Gasteiger partial charge in [0.15, 0.2) is 0 Å². The number of hydrogen-bond donors (Lipinski definition) is 1. The molecule has 5 heteroatoms. The van der Waals surface area contributed by atoms with Crippen LogP contribution in [0.15, 0.2) is 72.8 Å². The molecule has 0 bridgehead atoms. The maximum Gasteiger partial charge on any atom is 0.254 e. The normalized spacial score (nSPS) is 12.9. The van der Waals surface area contributed by atoms with Gasteiger partial charge in [-0.15, -0.1) is 0 Å². The zero-order chi connectivity index (χ0) is 21.8. The molecular formula is C26H27N3O2. The molecule has 0 spiro atoms. The van der Waals surface area contributed by atoms with Crippen molar-refractivity contribution < 1.29 is 9.59 Å². The summed E-state index contributed by atoms with van der Waals surface area (Å²) < 4.78 is 0. The highest BCUT2D eigenvalue weighted by atomic mass is 16.2. The second kappa shape index (κ2) is 9.14. The van der Waals surface area contributed by atoms with E-state index in [9.17, 15) is 9.59 Å². The summed E-state index contributed by atoms with van der Waals surface area (Å²) in [4.78, 5) is 28.3. The summed E-state index contributed by atoms with van der Waals surface area (Å²) in [6.45, 7) is 1.92. The molecule has 0 saturated carbocycles. The number of carbonyl (C=O) groups excluding carboxylic acids is 2. The highest BCUT2D eigenvalue weighted by molar-refractivity contribution is 5.95. The lowest BCUT2D eigenvalue weighted by Gasteiger charge is -2.29. The number of rotatable bonds is 5. The summed E-state index contributed by atoms with van der Waals surface area (Å²) in [6, 6.07) is 24.2. The molecule has 5 nitrogen and oxygen atoms in total. The second-order valence-electron chi connectivity index (χ2n) is 7.98. The van der Waals surface area contributed by atoms with Crippen LogP contribution in [-0.4, -0.2) is 41.8 Å². The molecule has 0 unspecified atom stereocenters. The first-order chi connectivity index (χ1) is 15.0. The highest BCUT2D eigenvalue weighted by Crippen LogP contribution is 2.24. The third-order valence-corrected chi connectivity index (χ3v) is 5.83. The van der Waals surface area contributed by atoms with Crippen molar-refractivity contribution in [2.24, 2.45) is 5.73 Å². The molecule has 0 atom stereocenters. The fourth-order valence-corrected chi connectivity index (χ4v) is 4.02. The topological polar surface area (TPSA) is 66.6 Å². The third-order valence-electron chi connectivity index (χ3n) is 5.83. The Morgan fingerprint density at radius 2 is 1.68 bits per heavy atom. The van der Waals surface area contributed by atoms with Crippen LogP contribution in [0.4, 0.5) is 0 Å². The summed E-state index contributed by atoms with van der Waals surface area (Å²) >= 11 is 0. The monoisotopic (exact) mass is 413 g/mol. The molecule has 0 aromatic heterocycles. The van der Waals surface area contributed by atoms with E-state index in [0.29, 0.717) is 18.7 Å². The number of amides is 2. The van der Waals surface area contributed by atoms with Crippen molar-refractivity contribution in [1.29, 1.82) is 0 Å². The number of fused-ring (bicyclic) bond motifs is 1. The van der Waals surface area contributed by atoms with Crippen LogP contribution in [0.1, 0.15) is 27.0 Å². The molecule has 31 heavy (non-hydrogen) atoms. The first-order valence-electron chi connectivity index (χ1n) is 10.5. The molecule has 0 saturated heterocycles. The molecule has 4 rings (SSSR count). The smallest absolute Gasteiger partial charge is 0.254 e. The molecule has 3 aromatic carbocycles. The van der Waals surface area contributed by atoms with E-state index < -0.39 is 0 Å². The Kier molecular flexibility index (Phi) is 6.14. The molecule has 3 aromatic rings. The SMILES string of the molecule is CN(Cc1cccc(-c2ccc(C(=O)N3CCc4ccccc4C3)cc2)c1)C(=O)CN. The van der Waals surface area contributed by atoms with E-state index in [-0.39, 0.29) is 18.4 Å². The summed E-state index contributed by atoms with van der Waals surface area (Å²) in [6.07, 6.45) is 0.897. The number of benzene rings is 3. The van der Waals surface area contributed by atoms with E-state index in [4.69, 9.17) is 5.73 Å². The van der Waals surface area contributed by atoms with Crippen LogP contribution in [0.3, 0.4) is 0 Å². The molecule has 1 aliphatic rings. The number of hydrogen-bond acceptors (Lipinski definition) is 3. The summed E-state index contributed by atoms with van der Waals surface area (Å²) in [5.74, 6) is -0.0228. The molecule has 1 aliphatic heterocycles. The summed E-state index contributed by atoms with van der Waals surface area (Å²) in [5, 5.41) is 0. The average Bonchev–Trinajstić information content (AvgIpc) is 2.83. The van der Waals surface area contributed by atoms with E-state index in [2.05, 4.69) is 24.3 Å². The molecule has 0 radical (unpaired) electrons. The zero-order valence-electron chi connectivity index (χ0n) is 17.8. The van der Waals surface area contributed by atoms with Gasteiger partial charge in [-0.25, -0.2) is 0 Å². The average molecular weight is 414 g/mol. The van der Waals surface area contributed by atoms with Crippen LogP contribution in [-0.2, 0) is 24.3 Å². The first kappa shape index (κ1) is 20.8. The predicted molar refractivity (Wildman–Crippen MR) is 122 cm³/mol. The van der Waals surface area contributed by atoms with Gasteiger partial charge in [0.1, 0.15) is 0 Å². The minimum atomic E-state index is -0.0893. The van der Waals surface area contributed by atoms with Crippen LogP contribution < -0.4 is 5.73 Å². The number of nitrogens with two attached hydrogens (primary N) is 1. The standard InChI is InChI=1S/C26H27N3O2/c1-28(25(30)16-27)17-19-5-4-8-23(15-19)21-9-11-22(12-10-21)26(31)29-14-13-20-6-2-3-7-24(20)18-29/h2-12,15H,13-14,16-18,27H2,1H3. The van der Waals surface area contributed by atoms with Crippen LogP contribution in [0.2, 0.25) is 0 Å². The Labute approximate surface area is 183 Å². The van der Waals surface area contributed by atoms with Crippen molar-refractivity contribution >= 4 is 11.8 Å². The quantitative estimate of drug-likeness (QED) is 0.697. The van der Waals surface area contributed by atoms with Crippen molar-refractivity contribution in [3.8, 4) is 11.1 Å². The van der Waals surface area contributed by atoms with E-state index in [0.717, 1.165) is 29.7 Å². The van der Waals surface area contributed by atoms with Gasteiger partial charge in [-0.2, -0.15) is 0 Å². The lowest BCUT2D eigenvalue weighted by atomic mass is 9.98. The van der Waals surface area contributed by atoms with Gasteiger partial charge in [0.2, 0.25) is 5.91 Å². The van der Waals surface area contributed by atoms with E-state index >= 15 is 0 Å². The van der Waals surface area contributed by atoms with Gasteiger partial charge in [-0.1, -0.05) is 54.6 Å². The zero-order valence-corrected chi connectivity index (χ0v) is 17.8. The molecule has 2 amide bonds. The number of carbonyl (C=O) groups is 2. The fraction of sp³-hybridized carbons (Fsp3) is 0.231. The Morgan fingerprint density at radius 3 is 2.42 bits per heavy atom. The largest absolute Gasteiger partial charge is 0.340 e.